The number of nitrogens with one attached hydrogen (secondary N) is 1. The van der Waals surface area contributed by atoms with Crippen LogP contribution in [0.15, 0.2) is 23.3 Å². The molecule has 156 valence electrons. The topological polar surface area (TPSA) is 97.3 Å². The van der Waals surface area contributed by atoms with Crippen molar-refractivity contribution in [2.45, 2.75) is 45.1 Å². The third kappa shape index (κ3) is 6.49. The van der Waals surface area contributed by atoms with Gasteiger partial charge in [-0.05, 0) is 43.5 Å². The van der Waals surface area contributed by atoms with Gasteiger partial charge in [0.05, 0.1) is 32.7 Å². The first-order chi connectivity index (χ1) is 13.3. The average Bonchev–Trinajstić information content (AvgIpc) is 2.67. The number of methoxy groups -OCH3 is 1. The van der Waals surface area contributed by atoms with Gasteiger partial charge in [0.1, 0.15) is 0 Å². The summed E-state index contributed by atoms with van der Waals surface area (Å²) in [7, 11) is -1.92. The van der Waals surface area contributed by atoms with Crippen LogP contribution >= 0.6 is 0 Å². The van der Waals surface area contributed by atoms with E-state index in [1.54, 1.807) is 25.3 Å². The summed E-state index contributed by atoms with van der Waals surface area (Å²) in [6.45, 7) is 2.18. The summed E-state index contributed by atoms with van der Waals surface area (Å²) in [5.74, 6) is 0.727. The second-order valence-corrected chi connectivity index (χ2v) is 8.67. The number of ether oxygens (including phenoxy) is 2. The van der Waals surface area contributed by atoms with E-state index in [-0.39, 0.29) is 12.6 Å². The number of nitrogens with zero attached hydrogens (tertiary/aromatic N) is 2. The quantitative estimate of drug-likeness (QED) is 0.496. The molecule has 0 radical (unpaired) electrons. The molecule has 1 fully saturated rings. The zero-order valence-electron chi connectivity index (χ0n) is 16.7. The van der Waals surface area contributed by atoms with Crippen molar-refractivity contribution in [1.29, 1.82) is 0 Å². The lowest BCUT2D eigenvalue weighted by Gasteiger charge is -2.31. The van der Waals surface area contributed by atoms with E-state index in [1.807, 2.05) is 6.92 Å². The molecular weight excluding hydrogens is 382 g/mol. The molecule has 1 aromatic carbocycles. The van der Waals surface area contributed by atoms with Crippen molar-refractivity contribution in [2.24, 2.45) is 5.10 Å². The minimum atomic E-state index is -3.47. The average molecular weight is 412 g/mol. The van der Waals surface area contributed by atoms with Crippen molar-refractivity contribution < 1.29 is 22.7 Å². The Labute approximate surface area is 166 Å². The Balaban J connectivity index is 1.98. The van der Waals surface area contributed by atoms with E-state index in [1.165, 1.54) is 10.5 Å². The second-order valence-electron chi connectivity index (χ2n) is 6.74. The van der Waals surface area contributed by atoms with E-state index < -0.39 is 15.9 Å². The molecule has 0 aromatic heterocycles. The first kappa shape index (κ1) is 22.2. The van der Waals surface area contributed by atoms with Crippen LogP contribution in [0.3, 0.4) is 0 Å². The van der Waals surface area contributed by atoms with Gasteiger partial charge in [-0.3, -0.25) is 4.79 Å². The Morgan fingerprint density at radius 2 is 2.00 bits per heavy atom. The highest BCUT2D eigenvalue weighted by molar-refractivity contribution is 7.88. The van der Waals surface area contributed by atoms with E-state index in [0.717, 1.165) is 38.4 Å². The van der Waals surface area contributed by atoms with Crippen LogP contribution in [-0.2, 0) is 14.8 Å². The van der Waals surface area contributed by atoms with Gasteiger partial charge in [-0.25, -0.2) is 13.8 Å². The molecule has 0 heterocycles. The molecule has 1 aliphatic rings. The van der Waals surface area contributed by atoms with Gasteiger partial charge in [-0.2, -0.15) is 9.41 Å². The highest BCUT2D eigenvalue weighted by Gasteiger charge is 2.29. The van der Waals surface area contributed by atoms with E-state index in [4.69, 9.17) is 9.47 Å². The smallest absolute Gasteiger partial charge is 0.255 e. The van der Waals surface area contributed by atoms with Gasteiger partial charge < -0.3 is 9.47 Å². The lowest BCUT2D eigenvalue weighted by atomic mass is 9.95. The second kappa shape index (κ2) is 10.4. The fraction of sp³-hybridized carbons (Fsp3) is 0.579. The Hall–Kier alpha value is -2.13. The SMILES string of the molecule is CCOc1ccc(C=NNC(=O)CN(C2CCCCC2)S(C)(=O)=O)cc1OC. The first-order valence-corrected chi connectivity index (χ1v) is 11.3. The molecule has 1 aromatic rings. The molecule has 1 saturated carbocycles. The van der Waals surface area contributed by atoms with Crippen LogP contribution in [0.25, 0.3) is 0 Å². The zero-order valence-corrected chi connectivity index (χ0v) is 17.5. The predicted octanol–water partition coefficient (Wildman–Crippen LogP) is 2.14. The maximum absolute atomic E-state index is 12.2. The Morgan fingerprint density at radius 3 is 2.61 bits per heavy atom. The number of carbonyl (C=O) groups excluding carboxylic acids is 1. The number of hydrazone groups is 1. The molecule has 0 unspecified atom stereocenters. The number of hydrogen-bond donors (Lipinski definition) is 1. The van der Waals surface area contributed by atoms with Crippen molar-refractivity contribution in [3.8, 4) is 11.5 Å². The molecule has 8 nitrogen and oxygen atoms in total. The zero-order chi connectivity index (χ0) is 20.6. The van der Waals surface area contributed by atoms with Crippen LogP contribution in [0, 0.1) is 0 Å². The minimum absolute atomic E-state index is 0.117. The number of sulfonamides is 1. The third-order valence-electron chi connectivity index (χ3n) is 4.60. The number of benzene rings is 1. The predicted molar refractivity (Wildman–Crippen MR) is 108 cm³/mol. The largest absolute Gasteiger partial charge is 0.493 e. The fourth-order valence-electron chi connectivity index (χ4n) is 3.28. The standard InChI is InChI=1S/C19H29N3O5S/c1-4-27-17-11-10-15(12-18(17)26-2)13-20-21-19(23)14-22(28(3,24)25)16-8-6-5-7-9-16/h10-13,16H,4-9,14H2,1-3H3,(H,21,23). The van der Waals surface area contributed by atoms with Crippen LogP contribution < -0.4 is 14.9 Å². The van der Waals surface area contributed by atoms with Gasteiger partial charge in [0, 0.05) is 6.04 Å². The number of rotatable bonds is 9. The molecule has 2 rings (SSSR count). The van der Waals surface area contributed by atoms with Crippen LogP contribution in [0.2, 0.25) is 0 Å². The van der Waals surface area contributed by atoms with Gasteiger partial charge >= 0.3 is 0 Å². The minimum Gasteiger partial charge on any atom is -0.493 e. The maximum Gasteiger partial charge on any atom is 0.255 e. The Kier molecular flexibility index (Phi) is 8.25. The highest BCUT2D eigenvalue weighted by atomic mass is 32.2. The normalized spacial score (nSPS) is 15.7. The fourth-order valence-corrected chi connectivity index (χ4v) is 4.39. The summed E-state index contributed by atoms with van der Waals surface area (Å²) < 4.78 is 36.2. The van der Waals surface area contributed by atoms with E-state index in [9.17, 15) is 13.2 Å². The molecule has 0 bridgehead atoms. The molecule has 0 aliphatic heterocycles. The maximum atomic E-state index is 12.2. The molecule has 1 aliphatic carbocycles. The van der Waals surface area contributed by atoms with E-state index in [0.29, 0.717) is 23.7 Å². The molecule has 1 N–H and O–H groups in total. The van der Waals surface area contributed by atoms with Crippen LogP contribution in [0.5, 0.6) is 11.5 Å². The number of amides is 1. The van der Waals surface area contributed by atoms with E-state index >= 15 is 0 Å². The van der Waals surface area contributed by atoms with Crippen LogP contribution in [-0.4, -0.2) is 57.4 Å². The van der Waals surface area contributed by atoms with Crippen molar-refractivity contribution in [3.63, 3.8) is 0 Å². The number of hydrogen-bond acceptors (Lipinski definition) is 6. The molecule has 0 atom stereocenters. The van der Waals surface area contributed by atoms with Gasteiger partial charge in [0.25, 0.3) is 5.91 Å². The van der Waals surface area contributed by atoms with Gasteiger partial charge in [-0.15, -0.1) is 0 Å². The molecule has 1 amide bonds. The molecule has 0 spiro atoms. The summed E-state index contributed by atoms with van der Waals surface area (Å²) in [5.41, 5.74) is 3.12. The highest BCUT2D eigenvalue weighted by Crippen LogP contribution is 2.27. The molecule has 28 heavy (non-hydrogen) atoms. The summed E-state index contributed by atoms with van der Waals surface area (Å²) in [6, 6.07) is 5.17. The first-order valence-electron chi connectivity index (χ1n) is 9.44. The summed E-state index contributed by atoms with van der Waals surface area (Å²) in [5, 5.41) is 3.93. The monoisotopic (exact) mass is 411 g/mol. The number of carbonyl (C=O) groups is 1. The molecular formula is C19H29N3O5S. The van der Waals surface area contributed by atoms with Crippen molar-refractivity contribution in [1.82, 2.24) is 9.73 Å². The summed E-state index contributed by atoms with van der Waals surface area (Å²) in [4.78, 5) is 12.2. The summed E-state index contributed by atoms with van der Waals surface area (Å²) in [6.07, 6.45) is 7.26. The Morgan fingerprint density at radius 1 is 1.29 bits per heavy atom. The van der Waals surface area contributed by atoms with Crippen LogP contribution in [0.4, 0.5) is 0 Å². The molecule has 0 saturated heterocycles. The van der Waals surface area contributed by atoms with Crippen molar-refractivity contribution in [2.75, 3.05) is 26.5 Å². The van der Waals surface area contributed by atoms with Gasteiger partial charge in [0.15, 0.2) is 11.5 Å². The lowest BCUT2D eigenvalue weighted by molar-refractivity contribution is -0.121. The van der Waals surface area contributed by atoms with Crippen molar-refractivity contribution >= 4 is 22.1 Å². The Bertz CT molecular complexity index is 789. The van der Waals surface area contributed by atoms with Crippen molar-refractivity contribution in [3.05, 3.63) is 23.8 Å². The van der Waals surface area contributed by atoms with Gasteiger partial charge in [0.2, 0.25) is 10.0 Å². The van der Waals surface area contributed by atoms with Gasteiger partial charge in [-0.1, -0.05) is 19.3 Å². The van der Waals surface area contributed by atoms with Crippen LogP contribution in [0.1, 0.15) is 44.6 Å². The lowest BCUT2D eigenvalue weighted by Crippen LogP contribution is -2.45. The van der Waals surface area contributed by atoms with E-state index in [2.05, 4.69) is 10.5 Å². The molecule has 9 heteroatoms. The third-order valence-corrected chi connectivity index (χ3v) is 5.88. The summed E-state index contributed by atoms with van der Waals surface area (Å²) >= 11 is 0.